The fraction of sp³-hybridized carbons (Fsp3) is 0.160. The lowest BCUT2D eigenvalue weighted by Crippen LogP contribution is -2.29. The number of carbonyl (C=O) groups is 2. The van der Waals surface area contributed by atoms with E-state index in [0.29, 0.717) is 22.4 Å². The molecule has 0 radical (unpaired) electrons. The van der Waals surface area contributed by atoms with Crippen molar-refractivity contribution in [2.75, 3.05) is 7.11 Å². The number of aliphatic hydroxyl groups is 1. The van der Waals surface area contributed by atoms with Crippen LogP contribution in [0, 0.1) is 12.7 Å². The van der Waals surface area contributed by atoms with Crippen molar-refractivity contribution in [3.05, 3.63) is 101 Å². The van der Waals surface area contributed by atoms with Gasteiger partial charge in [-0.25, -0.2) is 4.39 Å². The predicted molar refractivity (Wildman–Crippen MR) is 116 cm³/mol. The SMILES string of the molecule is COc1ccc(C)cc1/C(O)=C1\C(=O)C(=O)N(Cc2ccc(F)cc2)C1c1ccncc1. The van der Waals surface area contributed by atoms with E-state index in [4.69, 9.17) is 4.74 Å². The molecule has 7 heteroatoms. The molecule has 1 fully saturated rings. The number of rotatable bonds is 5. The van der Waals surface area contributed by atoms with Gasteiger partial charge in [0.15, 0.2) is 0 Å². The summed E-state index contributed by atoms with van der Waals surface area (Å²) in [5.41, 5.74) is 2.42. The predicted octanol–water partition coefficient (Wildman–Crippen LogP) is 4.16. The van der Waals surface area contributed by atoms with Crippen molar-refractivity contribution in [1.82, 2.24) is 9.88 Å². The number of halogens is 1. The molecule has 0 spiro atoms. The van der Waals surface area contributed by atoms with Gasteiger partial charge in [0.25, 0.3) is 11.7 Å². The molecule has 1 aliphatic rings. The first-order valence-electron chi connectivity index (χ1n) is 9.98. The van der Waals surface area contributed by atoms with Gasteiger partial charge in [0.1, 0.15) is 17.3 Å². The van der Waals surface area contributed by atoms with E-state index < -0.39 is 23.5 Å². The third-order valence-electron chi connectivity index (χ3n) is 5.44. The number of nitrogens with zero attached hydrogens (tertiary/aromatic N) is 2. The third kappa shape index (κ3) is 3.85. The Bertz CT molecular complexity index is 1210. The first kappa shape index (κ1) is 21.2. The molecule has 1 amide bonds. The molecule has 0 saturated carbocycles. The third-order valence-corrected chi connectivity index (χ3v) is 5.44. The number of carbonyl (C=O) groups excluding carboxylic acids is 2. The number of aromatic nitrogens is 1. The first-order chi connectivity index (χ1) is 15.4. The summed E-state index contributed by atoms with van der Waals surface area (Å²) in [6, 6.07) is 13.5. The van der Waals surface area contributed by atoms with E-state index in [2.05, 4.69) is 4.98 Å². The van der Waals surface area contributed by atoms with Crippen LogP contribution in [0.2, 0.25) is 0 Å². The van der Waals surface area contributed by atoms with Crippen molar-refractivity contribution in [3.63, 3.8) is 0 Å². The molecule has 1 atom stereocenters. The lowest BCUT2D eigenvalue weighted by molar-refractivity contribution is -0.140. The number of ether oxygens (including phenoxy) is 1. The van der Waals surface area contributed by atoms with Crippen molar-refractivity contribution >= 4 is 17.4 Å². The summed E-state index contributed by atoms with van der Waals surface area (Å²) in [6.07, 6.45) is 3.11. The number of benzene rings is 2. The van der Waals surface area contributed by atoms with Gasteiger partial charge in [-0.3, -0.25) is 14.6 Å². The normalized spacial score (nSPS) is 17.6. The maximum atomic E-state index is 13.3. The van der Waals surface area contributed by atoms with Gasteiger partial charge < -0.3 is 14.7 Å². The summed E-state index contributed by atoms with van der Waals surface area (Å²) in [5, 5.41) is 11.2. The van der Waals surface area contributed by atoms with Crippen molar-refractivity contribution in [3.8, 4) is 5.75 Å². The highest BCUT2D eigenvalue weighted by molar-refractivity contribution is 6.46. The van der Waals surface area contributed by atoms with Gasteiger partial charge in [-0.1, -0.05) is 23.8 Å². The van der Waals surface area contributed by atoms with E-state index in [1.54, 1.807) is 48.8 Å². The van der Waals surface area contributed by atoms with E-state index in [1.807, 2.05) is 13.0 Å². The fourth-order valence-electron chi connectivity index (χ4n) is 3.87. The zero-order chi connectivity index (χ0) is 22.8. The highest BCUT2D eigenvalue weighted by atomic mass is 19.1. The summed E-state index contributed by atoms with van der Waals surface area (Å²) < 4.78 is 18.7. The van der Waals surface area contributed by atoms with Crippen LogP contribution in [-0.2, 0) is 16.1 Å². The fourth-order valence-corrected chi connectivity index (χ4v) is 3.87. The molecule has 0 bridgehead atoms. The maximum Gasteiger partial charge on any atom is 0.295 e. The first-order valence-corrected chi connectivity index (χ1v) is 9.98. The van der Waals surface area contributed by atoms with Crippen molar-refractivity contribution in [1.29, 1.82) is 0 Å². The Labute approximate surface area is 184 Å². The van der Waals surface area contributed by atoms with E-state index in [0.717, 1.165) is 5.56 Å². The molecule has 32 heavy (non-hydrogen) atoms. The van der Waals surface area contributed by atoms with Gasteiger partial charge >= 0.3 is 0 Å². The van der Waals surface area contributed by atoms with Gasteiger partial charge in [0.2, 0.25) is 0 Å². The van der Waals surface area contributed by atoms with E-state index in [1.165, 1.54) is 24.1 Å². The molecule has 1 N–H and O–H groups in total. The number of pyridine rings is 1. The van der Waals surface area contributed by atoms with E-state index in [-0.39, 0.29) is 17.9 Å². The van der Waals surface area contributed by atoms with Gasteiger partial charge in [-0.2, -0.15) is 0 Å². The Morgan fingerprint density at radius 3 is 2.44 bits per heavy atom. The molecular weight excluding hydrogens is 411 g/mol. The smallest absolute Gasteiger partial charge is 0.295 e. The molecule has 3 aromatic rings. The number of likely N-dealkylation sites (tertiary alicyclic amines) is 1. The van der Waals surface area contributed by atoms with E-state index >= 15 is 0 Å². The minimum absolute atomic E-state index is 0.0350. The van der Waals surface area contributed by atoms with Crippen molar-refractivity contribution in [2.24, 2.45) is 0 Å². The molecule has 6 nitrogen and oxygen atoms in total. The average Bonchev–Trinajstić information content (AvgIpc) is 3.05. The van der Waals surface area contributed by atoms with Crippen LogP contribution in [0.15, 0.2) is 72.6 Å². The minimum atomic E-state index is -0.840. The summed E-state index contributed by atoms with van der Waals surface area (Å²) in [6.45, 7) is 1.92. The summed E-state index contributed by atoms with van der Waals surface area (Å²) in [5.74, 6) is -1.87. The van der Waals surface area contributed by atoms with Crippen molar-refractivity contribution in [2.45, 2.75) is 19.5 Å². The number of Topliss-reactive ketones (excluding diaryl/α,β-unsaturated/α-hetero) is 1. The Hall–Kier alpha value is -4.00. The van der Waals surface area contributed by atoms with Crippen LogP contribution in [0.5, 0.6) is 5.75 Å². The van der Waals surface area contributed by atoms with Crippen LogP contribution >= 0.6 is 0 Å². The number of methoxy groups -OCH3 is 1. The number of ketones is 1. The molecule has 2 heterocycles. The number of aryl methyl sites for hydroxylation is 1. The minimum Gasteiger partial charge on any atom is -0.507 e. The Balaban J connectivity index is 1.88. The zero-order valence-electron chi connectivity index (χ0n) is 17.6. The van der Waals surface area contributed by atoms with Crippen LogP contribution in [0.25, 0.3) is 5.76 Å². The van der Waals surface area contributed by atoms with Crippen LogP contribution < -0.4 is 4.74 Å². The average molecular weight is 432 g/mol. The standard InChI is InChI=1S/C25H21FN2O4/c1-15-3-8-20(32-2)19(13-15)23(29)21-22(17-9-11-27-12-10-17)28(25(31)24(21)30)14-16-4-6-18(26)7-5-16/h3-13,22,29H,14H2,1-2H3/b23-21+. The van der Waals surface area contributed by atoms with Crippen LogP contribution in [0.4, 0.5) is 4.39 Å². The quantitative estimate of drug-likeness (QED) is 0.372. The summed E-state index contributed by atoms with van der Waals surface area (Å²) in [7, 11) is 1.47. The second-order valence-electron chi connectivity index (χ2n) is 7.54. The molecule has 0 aliphatic carbocycles. The number of aliphatic hydroxyl groups excluding tert-OH is 1. The van der Waals surface area contributed by atoms with Crippen molar-refractivity contribution < 1.29 is 23.8 Å². The highest BCUT2D eigenvalue weighted by Crippen LogP contribution is 2.41. The summed E-state index contributed by atoms with van der Waals surface area (Å²) >= 11 is 0. The molecule has 1 unspecified atom stereocenters. The molecule has 1 aromatic heterocycles. The van der Waals surface area contributed by atoms with Crippen LogP contribution in [0.1, 0.15) is 28.3 Å². The molecule has 4 rings (SSSR count). The second kappa shape index (κ2) is 8.63. The molecule has 1 aliphatic heterocycles. The summed E-state index contributed by atoms with van der Waals surface area (Å²) in [4.78, 5) is 31.5. The Morgan fingerprint density at radius 1 is 1.09 bits per heavy atom. The maximum absolute atomic E-state index is 13.3. The van der Waals surface area contributed by atoms with Gasteiger partial charge in [0, 0.05) is 18.9 Å². The molecule has 2 aromatic carbocycles. The second-order valence-corrected chi connectivity index (χ2v) is 7.54. The van der Waals surface area contributed by atoms with Crippen LogP contribution in [0.3, 0.4) is 0 Å². The van der Waals surface area contributed by atoms with E-state index in [9.17, 15) is 19.1 Å². The monoisotopic (exact) mass is 432 g/mol. The number of hydrogen-bond donors (Lipinski definition) is 1. The lowest BCUT2D eigenvalue weighted by atomic mass is 9.95. The highest BCUT2D eigenvalue weighted by Gasteiger charge is 2.46. The van der Waals surface area contributed by atoms with Gasteiger partial charge in [-0.05, 0) is 54.4 Å². The molecule has 1 saturated heterocycles. The number of hydrogen-bond acceptors (Lipinski definition) is 5. The molecular formula is C25H21FN2O4. The molecule has 162 valence electrons. The number of amides is 1. The zero-order valence-corrected chi connectivity index (χ0v) is 17.6. The lowest BCUT2D eigenvalue weighted by Gasteiger charge is -2.25. The Kier molecular flexibility index (Phi) is 5.73. The Morgan fingerprint density at radius 2 is 1.78 bits per heavy atom. The van der Waals surface area contributed by atoms with Gasteiger partial charge in [0.05, 0.1) is 24.3 Å². The topological polar surface area (TPSA) is 79.7 Å². The largest absolute Gasteiger partial charge is 0.507 e. The van der Waals surface area contributed by atoms with Gasteiger partial charge in [-0.15, -0.1) is 0 Å². The van der Waals surface area contributed by atoms with Crippen LogP contribution in [-0.4, -0.2) is 33.8 Å².